The first-order valence-corrected chi connectivity index (χ1v) is 10.8. The quantitative estimate of drug-likeness (QED) is 0.857. The van der Waals surface area contributed by atoms with Crippen molar-refractivity contribution in [3.8, 4) is 0 Å². The van der Waals surface area contributed by atoms with E-state index in [4.69, 9.17) is 9.97 Å². The monoisotopic (exact) mass is 378 g/mol. The Labute approximate surface area is 167 Å². The first kappa shape index (κ1) is 18.1. The molecule has 2 aromatic rings. The molecule has 1 aromatic heterocycles. The minimum absolute atomic E-state index is 0.303. The van der Waals surface area contributed by atoms with Crippen LogP contribution < -0.4 is 10.2 Å². The van der Waals surface area contributed by atoms with Gasteiger partial charge in [-0.1, -0.05) is 24.3 Å². The van der Waals surface area contributed by atoms with Crippen molar-refractivity contribution in [2.45, 2.75) is 57.0 Å². The van der Waals surface area contributed by atoms with Crippen molar-refractivity contribution >= 4 is 5.95 Å². The van der Waals surface area contributed by atoms with Gasteiger partial charge in [-0.25, -0.2) is 9.97 Å². The zero-order valence-electron chi connectivity index (χ0n) is 16.5. The molecular weight excluding hydrogens is 348 g/mol. The molecule has 0 amide bonds. The SMILES string of the molecule is OCC1CCN(c2ncc3c(n2)CCCC3NC2Cc3ccccc3C2)CC1. The summed E-state index contributed by atoms with van der Waals surface area (Å²) < 4.78 is 0. The number of benzene rings is 1. The Hall–Kier alpha value is -1.98. The summed E-state index contributed by atoms with van der Waals surface area (Å²) in [6, 6.07) is 9.72. The van der Waals surface area contributed by atoms with E-state index in [0.29, 0.717) is 24.6 Å². The van der Waals surface area contributed by atoms with Crippen molar-refractivity contribution in [3.05, 3.63) is 52.8 Å². The van der Waals surface area contributed by atoms with E-state index >= 15 is 0 Å². The number of hydrogen-bond donors (Lipinski definition) is 2. The fraction of sp³-hybridized carbons (Fsp3) is 0.565. The molecule has 28 heavy (non-hydrogen) atoms. The predicted octanol–water partition coefficient (Wildman–Crippen LogP) is 2.82. The van der Waals surface area contributed by atoms with E-state index in [-0.39, 0.29) is 0 Å². The van der Waals surface area contributed by atoms with E-state index in [1.807, 2.05) is 0 Å². The summed E-state index contributed by atoms with van der Waals surface area (Å²) in [5.41, 5.74) is 5.52. The number of piperidine rings is 1. The van der Waals surface area contributed by atoms with Crippen molar-refractivity contribution in [2.75, 3.05) is 24.6 Å². The number of aliphatic hydroxyl groups is 1. The molecular formula is C23H30N4O. The van der Waals surface area contributed by atoms with Crippen molar-refractivity contribution in [3.63, 3.8) is 0 Å². The molecule has 2 N–H and O–H groups in total. The van der Waals surface area contributed by atoms with Crippen LogP contribution in [0.4, 0.5) is 5.95 Å². The molecule has 1 atom stereocenters. The van der Waals surface area contributed by atoms with Crippen LogP contribution in [0.5, 0.6) is 0 Å². The molecule has 5 nitrogen and oxygen atoms in total. The number of aryl methyl sites for hydroxylation is 1. The zero-order chi connectivity index (χ0) is 18.9. The van der Waals surface area contributed by atoms with Crippen LogP contribution in [0.25, 0.3) is 0 Å². The van der Waals surface area contributed by atoms with Gasteiger partial charge in [0.05, 0.1) is 5.69 Å². The van der Waals surface area contributed by atoms with Crippen LogP contribution >= 0.6 is 0 Å². The Morgan fingerprint density at radius 3 is 2.54 bits per heavy atom. The molecule has 1 aromatic carbocycles. The van der Waals surface area contributed by atoms with Crippen LogP contribution in [-0.4, -0.2) is 40.8 Å². The van der Waals surface area contributed by atoms with E-state index in [9.17, 15) is 5.11 Å². The van der Waals surface area contributed by atoms with Gasteiger partial charge in [-0.3, -0.25) is 0 Å². The largest absolute Gasteiger partial charge is 0.396 e. The molecule has 0 bridgehead atoms. The fourth-order valence-electron chi connectivity index (χ4n) is 5.14. The molecule has 5 rings (SSSR count). The van der Waals surface area contributed by atoms with Crippen LogP contribution in [-0.2, 0) is 19.3 Å². The van der Waals surface area contributed by atoms with E-state index < -0.39 is 0 Å². The fourth-order valence-corrected chi connectivity index (χ4v) is 5.14. The second kappa shape index (κ2) is 7.80. The Balaban J connectivity index is 1.28. The Bertz CT molecular complexity index is 806. The molecule has 1 unspecified atom stereocenters. The molecule has 148 valence electrons. The number of nitrogens with one attached hydrogen (secondary N) is 1. The normalized spacial score (nSPS) is 22.9. The Kier molecular flexibility index (Phi) is 5.03. The van der Waals surface area contributed by atoms with E-state index in [0.717, 1.165) is 51.1 Å². The van der Waals surface area contributed by atoms with Gasteiger partial charge in [0.25, 0.3) is 0 Å². The molecule has 1 fully saturated rings. The zero-order valence-corrected chi connectivity index (χ0v) is 16.5. The first-order chi connectivity index (χ1) is 13.8. The summed E-state index contributed by atoms with van der Waals surface area (Å²) in [6.45, 7) is 2.20. The smallest absolute Gasteiger partial charge is 0.225 e. The Morgan fingerprint density at radius 1 is 1.07 bits per heavy atom. The van der Waals surface area contributed by atoms with Crippen molar-refractivity contribution in [1.29, 1.82) is 0 Å². The minimum Gasteiger partial charge on any atom is -0.396 e. The second-order valence-corrected chi connectivity index (χ2v) is 8.67. The van der Waals surface area contributed by atoms with Gasteiger partial charge in [-0.15, -0.1) is 0 Å². The average Bonchev–Trinajstić information content (AvgIpc) is 3.16. The van der Waals surface area contributed by atoms with Gasteiger partial charge in [0.2, 0.25) is 5.95 Å². The third-order valence-corrected chi connectivity index (χ3v) is 6.81. The van der Waals surface area contributed by atoms with Crippen LogP contribution in [0.1, 0.15) is 54.1 Å². The Morgan fingerprint density at radius 2 is 1.82 bits per heavy atom. The highest BCUT2D eigenvalue weighted by atomic mass is 16.3. The molecule has 3 aliphatic rings. The average molecular weight is 379 g/mol. The van der Waals surface area contributed by atoms with Gasteiger partial charge in [-0.05, 0) is 62.0 Å². The van der Waals surface area contributed by atoms with Gasteiger partial charge in [0, 0.05) is 43.5 Å². The summed E-state index contributed by atoms with van der Waals surface area (Å²) in [5, 5.41) is 13.3. The van der Waals surface area contributed by atoms with E-state index in [1.165, 1.54) is 35.2 Å². The summed E-state index contributed by atoms with van der Waals surface area (Å²) in [6.07, 6.45) is 9.81. The lowest BCUT2D eigenvalue weighted by Gasteiger charge is -2.33. The van der Waals surface area contributed by atoms with Crippen LogP contribution in [0.3, 0.4) is 0 Å². The maximum absolute atomic E-state index is 9.35. The van der Waals surface area contributed by atoms with Gasteiger partial charge >= 0.3 is 0 Å². The summed E-state index contributed by atoms with van der Waals surface area (Å²) in [4.78, 5) is 12.0. The maximum atomic E-state index is 9.35. The first-order valence-electron chi connectivity index (χ1n) is 10.8. The summed E-state index contributed by atoms with van der Waals surface area (Å²) in [5.74, 6) is 1.32. The predicted molar refractivity (Wildman–Crippen MR) is 111 cm³/mol. The number of hydrogen-bond acceptors (Lipinski definition) is 5. The molecule has 0 saturated carbocycles. The second-order valence-electron chi connectivity index (χ2n) is 8.67. The number of aromatic nitrogens is 2. The standard InChI is InChI=1S/C23H30N4O/c28-15-16-8-10-27(11-9-16)23-24-14-20-21(6-3-7-22(20)26-23)25-19-12-17-4-1-2-5-18(17)13-19/h1-2,4-5,14,16,19,21,25,28H,3,6-13,15H2. The number of rotatable bonds is 4. The third kappa shape index (κ3) is 3.53. The van der Waals surface area contributed by atoms with Crippen molar-refractivity contribution < 1.29 is 5.11 Å². The topological polar surface area (TPSA) is 61.3 Å². The van der Waals surface area contributed by atoms with E-state index in [1.54, 1.807) is 0 Å². The molecule has 5 heteroatoms. The number of fused-ring (bicyclic) bond motifs is 2. The summed E-state index contributed by atoms with van der Waals surface area (Å²) >= 11 is 0. The number of aliphatic hydroxyl groups excluding tert-OH is 1. The van der Waals surface area contributed by atoms with Gasteiger partial charge in [0.15, 0.2) is 0 Å². The summed E-state index contributed by atoms with van der Waals surface area (Å²) in [7, 11) is 0. The van der Waals surface area contributed by atoms with Crippen molar-refractivity contribution in [1.82, 2.24) is 15.3 Å². The van der Waals surface area contributed by atoms with Crippen LogP contribution in [0.2, 0.25) is 0 Å². The van der Waals surface area contributed by atoms with Crippen molar-refractivity contribution in [2.24, 2.45) is 5.92 Å². The molecule has 2 heterocycles. The number of anilines is 1. The van der Waals surface area contributed by atoms with Gasteiger partial charge in [-0.2, -0.15) is 0 Å². The van der Waals surface area contributed by atoms with Crippen LogP contribution in [0, 0.1) is 5.92 Å². The third-order valence-electron chi connectivity index (χ3n) is 6.81. The highest BCUT2D eigenvalue weighted by Gasteiger charge is 2.29. The molecule has 1 aliphatic heterocycles. The van der Waals surface area contributed by atoms with E-state index in [2.05, 4.69) is 40.7 Å². The van der Waals surface area contributed by atoms with Gasteiger partial charge in [0.1, 0.15) is 0 Å². The molecule has 0 radical (unpaired) electrons. The molecule has 1 saturated heterocycles. The number of nitrogens with zero attached hydrogens (tertiary/aromatic N) is 3. The van der Waals surface area contributed by atoms with Crippen LogP contribution in [0.15, 0.2) is 30.5 Å². The minimum atomic E-state index is 0.303. The lowest BCUT2D eigenvalue weighted by Crippen LogP contribution is -2.37. The molecule has 0 spiro atoms. The lowest BCUT2D eigenvalue weighted by molar-refractivity contribution is 0.202. The van der Waals surface area contributed by atoms with Gasteiger partial charge < -0.3 is 15.3 Å². The highest BCUT2D eigenvalue weighted by Crippen LogP contribution is 2.32. The highest BCUT2D eigenvalue weighted by molar-refractivity contribution is 5.37. The maximum Gasteiger partial charge on any atom is 0.225 e. The molecule has 2 aliphatic carbocycles. The lowest BCUT2D eigenvalue weighted by atomic mass is 9.91.